The summed E-state index contributed by atoms with van der Waals surface area (Å²) in [5.41, 5.74) is 1.39. The minimum Gasteiger partial charge on any atom is -0.493 e. The van der Waals surface area contributed by atoms with Crippen LogP contribution in [0.4, 0.5) is 5.69 Å². The molecule has 2 aromatic rings. The second kappa shape index (κ2) is 6.36. The van der Waals surface area contributed by atoms with E-state index >= 15 is 0 Å². The van der Waals surface area contributed by atoms with E-state index < -0.39 is 11.0 Å². The number of benzene rings is 1. The molecule has 0 aliphatic carbocycles. The summed E-state index contributed by atoms with van der Waals surface area (Å²) >= 11 is 0. The standard InChI is InChI=1S/C14H17N3O4/c1-10(18)13-7-12(17(19)20)3-4-14(13)21-6-5-11-8-15-16(2)9-11/h3-4,7-10,18H,5-6H2,1-2H3/t10-/m0/s1. The van der Waals surface area contributed by atoms with Crippen molar-refractivity contribution in [3.05, 3.63) is 51.8 Å². The Balaban J connectivity index is 2.06. The zero-order chi connectivity index (χ0) is 15.4. The number of nitrogens with zero attached hydrogens (tertiary/aromatic N) is 3. The summed E-state index contributed by atoms with van der Waals surface area (Å²) in [6.07, 6.45) is 3.49. The Morgan fingerprint density at radius 3 is 2.86 bits per heavy atom. The Labute approximate surface area is 121 Å². The van der Waals surface area contributed by atoms with Crippen molar-refractivity contribution in [1.29, 1.82) is 0 Å². The van der Waals surface area contributed by atoms with Gasteiger partial charge in [0.15, 0.2) is 0 Å². The molecular weight excluding hydrogens is 274 g/mol. The smallest absolute Gasteiger partial charge is 0.270 e. The lowest BCUT2D eigenvalue weighted by Gasteiger charge is -2.13. The molecule has 0 saturated heterocycles. The summed E-state index contributed by atoms with van der Waals surface area (Å²) in [5.74, 6) is 0.458. The number of hydrogen-bond acceptors (Lipinski definition) is 5. The highest BCUT2D eigenvalue weighted by Crippen LogP contribution is 2.29. The van der Waals surface area contributed by atoms with Crippen molar-refractivity contribution in [3.8, 4) is 5.75 Å². The van der Waals surface area contributed by atoms with Gasteiger partial charge in [0.05, 0.1) is 23.8 Å². The molecule has 0 aliphatic rings. The molecule has 112 valence electrons. The Bertz CT molecular complexity index is 637. The molecule has 0 saturated carbocycles. The summed E-state index contributed by atoms with van der Waals surface area (Å²) in [7, 11) is 1.84. The van der Waals surface area contributed by atoms with Crippen LogP contribution in [-0.2, 0) is 13.5 Å². The van der Waals surface area contributed by atoms with Crippen LogP contribution in [0.3, 0.4) is 0 Å². The normalized spacial score (nSPS) is 12.1. The molecule has 21 heavy (non-hydrogen) atoms. The number of non-ortho nitro benzene ring substituents is 1. The average molecular weight is 291 g/mol. The Kier molecular flexibility index (Phi) is 4.54. The first-order valence-corrected chi connectivity index (χ1v) is 6.54. The van der Waals surface area contributed by atoms with E-state index in [2.05, 4.69) is 5.10 Å². The quantitative estimate of drug-likeness (QED) is 0.649. The van der Waals surface area contributed by atoms with E-state index in [9.17, 15) is 15.2 Å². The number of rotatable bonds is 6. The van der Waals surface area contributed by atoms with E-state index in [4.69, 9.17) is 4.74 Å². The maximum Gasteiger partial charge on any atom is 0.270 e. The number of aliphatic hydroxyl groups is 1. The second-order valence-electron chi connectivity index (χ2n) is 4.78. The van der Waals surface area contributed by atoms with Crippen LogP contribution in [0.5, 0.6) is 5.75 Å². The summed E-state index contributed by atoms with van der Waals surface area (Å²) < 4.78 is 7.34. The first-order chi connectivity index (χ1) is 9.97. The van der Waals surface area contributed by atoms with Crippen LogP contribution in [0.15, 0.2) is 30.6 Å². The molecule has 0 unspecified atom stereocenters. The summed E-state index contributed by atoms with van der Waals surface area (Å²) in [4.78, 5) is 10.3. The van der Waals surface area contributed by atoms with Crippen molar-refractivity contribution in [2.75, 3.05) is 6.61 Å². The molecule has 0 aliphatic heterocycles. The van der Waals surface area contributed by atoms with Gasteiger partial charge in [-0.05, 0) is 18.6 Å². The molecule has 0 radical (unpaired) electrons. The van der Waals surface area contributed by atoms with Crippen LogP contribution in [-0.4, -0.2) is 26.4 Å². The van der Waals surface area contributed by atoms with Gasteiger partial charge in [-0.25, -0.2) is 0 Å². The molecule has 0 fully saturated rings. The third kappa shape index (κ3) is 3.79. The van der Waals surface area contributed by atoms with Gasteiger partial charge in [-0.1, -0.05) is 0 Å². The molecule has 1 heterocycles. The predicted octanol–water partition coefficient (Wildman–Crippen LogP) is 2.00. The van der Waals surface area contributed by atoms with E-state index in [1.54, 1.807) is 17.8 Å². The summed E-state index contributed by atoms with van der Waals surface area (Å²) in [6.45, 7) is 1.95. The van der Waals surface area contributed by atoms with Gasteiger partial charge in [0, 0.05) is 37.4 Å². The number of ether oxygens (including phenoxy) is 1. The number of nitro benzene ring substituents is 1. The molecule has 1 atom stereocenters. The van der Waals surface area contributed by atoms with Crippen LogP contribution in [0, 0.1) is 10.1 Å². The molecule has 1 N–H and O–H groups in total. The van der Waals surface area contributed by atoms with E-state index in [1.165, 1.54) is 18.2 Å². The van der Waals surface area contributed by atoms with E-state index in [-0.39, 0.29) is 5.69 Å². The number of aliphatic hydroxyl groups excluding tert-OH is 1. The molecule has 7 heteroatoms. The number of hydrogen-bond donors (Lipinski definition) is 1. The molecule has 1 aromatic carbocycles. The topological polar surface area (TPSA) is 90.4 Å². The van der Waals surface area contributed by atoms with E-state index in [0.717, 1.165) is 5.56 Å². The third-order valence-corrected chi connectivity index (χ3v) is 3.06. The van der Waals surface area contributed by atoms with Crippen molar-refractivity contribution in [2.24, 2.45) is 7.05 Å². The van der Waals surface area contributed by atoms with E-state index in [0.29, 0.717) is 24.3 Å². The van der Waals surface area contributed by atoms with Crippen molar-refractivity contribution in [1.82, 2.24) is 9.78 Å². The fraction of sp³-hybridized carbons (Fsp3) is 0.357. The molecule has 0 spiro atoms. The highest BCUT2D eigenvalue weighted by atomic mass is 16.6. The second-order valence-corrected chi connectivity index (χ2v) is 4.78. The van der Waals surface area contributed by atoms with Crippen molar-refractivity contribution < 1.29 is 14.8 Å². The largest absolute Gasteiger partial charge is 0.493 e. The fourth-order valence-corrected chi connectivity index (χ4v) is 1.99. The first-order valence-electron chi connectivity index (χ1n) is 6.54. The van der Waals surface area contributed by atoms with Gasteiger partial charge in [0.25, 0.3) is 5.69 Å². The molecule has 7 nitrogen and oxygen atoms in total. The zero-order valence-electron chi connectivity index (χ0n) is 11.9. The molecule has 0 amide bonds. The van der Waals surface area contributed by atoms with Crippen LogP contribution >= 0.6 is 0 Å². The van der Waals surface area contributed by atoms with Gasteiger partial charge in [0.1, 0.15) is 5.75 Å². The SMILES string of the molecule is C[C@H](O)c1cc([N+](=O)[O-])ccc1OCCc1cnn(C)c1. The minimum absolute atomic E-state index is 0.0643. The van der Waals surface area contributed by atoms with Crippen molar-refractivity contribution >= 4 is 5.69 Å². The lowest BCUT2D eigenvalue weighted by Crippen LogP contribution is -2.05. The van der Waals surface area contributed by atoms with Crippen LogP contribution in [0.2, 0.25) is 0 Å². The number of aromatic nitrogens is 2. The van der Waals surface area contributed by atoms with Crippen molar-refractivity contribution in [2.45, 2.75) is 19.4 Å². The van der Waals surface area contributed by atoms with Crippen molar-refractivity contribution in [3.63, 3.8) is 0 Å². The Morgan fingerprint density at radius 1 is 1.52 bits per heavy atom. The molecule has 0 bridgehead atoms. The first kappa shape index (κ1) is 15.0. The molecular formula is C14H17N3O4. The zero-order valence-corrected chi connectivity index (χ0v) is 11.9. The Hall–Kier alpha value is -2.41. The van der Waals surface area contributed by atoms with Gasteiger partial charge < -0.3 is 9.84 Å². The summed E-state index contributed by atoms with van der Waals surface area (Å²) in [5, 5.41) is 24.5. The predicted molar refractivity (Wildman–Crippen MR) is 76.1 cm³/mol. The molecule has 1 aromatic heterocycles. The number of aryl methyl sites for hydroxylation is 1. The van der Waals surface area contributed by atoms with E-state index in [1.807, 2.05) is 13.2 Å². The van der Waals surface area contributed by atoms with Crippen LogP contribution in [0.1, 0.15) is 24.2 Å². The highest BCUT2D eigenvalue weighted by Gasteiger charge is 2.15. The van der Waals surface area contributed by atoms with Gasteiger partial charge >= 0.3 is 0 Å². The highest BCUT2D eigenvalue weighted by molar-refractivity contribution is 5.44. The minimum atomic E-state index is -0.835. The van der Waals surface area contributed by atoms with Gasteiger partial charge in [-0.3, -0.25) is 14.8 Å². The maximum atomic E-state index is 10.8. The van der Waals surface area contributed by atoms with Gasteiger partial charge in [-0.15, -0.1) is 0 Å². The van der Waals surface area contributed by atoms with Gasteiger partial charge in [0.2, 0.25) is 0 Å². The van der Waals surface area contributed by atoms with Crippen LogP contribution in [0.25, 0.3) is 0 Å². The number of nitro groups is 1. The lowest BCUT2D eigenvalue weighted by atomic mass is 10.1. The fourth-order valence-electron chi connectivity index (χ4n) is 1.99. The average Bonchev–Trinajstić information content (AvgIpc) is 2.84. The lowest BCUT2D eigenvalue weighted by molar-refractivity contribution is -0.385. The van der Waals surface area contributed by atoms with Crippen LogP contribution < -0.4 is 4.74 Å². The summed E-state index contributed by atoms with van der Waals surface area (Å²) in [6, 6.07) is 4.22. The molecule has 2 rings (SSSR count). The van der Waals surface area contributed by atoms with Gasteiger partial charge in [-0.2, -0.15) is 5.10 Å². The maximum absolute atomic E-state index is 10.8. The Morgan fingerprint density at radius 2 is 2.29 bits per heavy atom. The third-order valence-electron chi connectivity index (χ3n) is 3.06. The monoisotopic (exact) mass is 291 g/mol.